The third kappa shape index (κ3) is 8.65. The molecule has 0 radical (unpaired) electrons. The van der Waals surface area contributed by atoms with Crippen LogP contribution in [0.1, 0.15) is 37.3 Å². The Morgan fingerprint density at radius 1 is 0.931 bits per heavy atom. The van der Waals surface area contributed by atoms with Crippen LogP contribution in [-0.4, -0.2) is 68.3 Å². The molecule has 1 atom stereocenters. The first-order chi connectivity index (χ1) is 13.3. The van der Waals surface area contributed by atoms with Gasteiger partial charge in [0.1, 0.15) is 12.6 Å². The zero-order valence-electron chi connectivity index (χ0n) is 17.0. The third-order valence-electron chi connectivity index (χ3n) is 5.27. The van der Waals surface area contributed by atoms with Crippen molar-refractivity contribution < 1.29 is 14.3 Å². The zero-order chi connectivity index (χ0) is 18.7. The summed E-state index contributed by atoms with van der Waals surface area (Å²) in [6.07, 6.45) is 9.20. The molecule has 7 heteroatoms. The van der Waals surface area contributed by atoms with Gasteiger partial charge in [0.05, 0.1) is 13.2 Å². The molecule has 1 aromatic rings. The van der Waals surface area contributed by atoms with Crippen molar-refractivity contribution in [2.45, 2.75) is 31.7 Å². The standard InChI is InChI=1S/C22H32N2O3.2ClH/c25-22(27-19-18-26-17-16-23-12-6-2-7-13-23)21(20-10-4-1-5-11-20)24-14-8-3-9-15-24;;/h1,3-5,8,10-11,21H,2,6-7,9,12-19H2;2*1H. The first kappa shape index (κ1) is 25.9. The van der Waals surface area contributed by atoms with Crippen LogP contribution >= 0.6 is 24.8 Å². The Bertz CT molecular complexity index is 595. The van der Waals surface area contributed by atoms with E-state index < -0.39 is 0 Å². The number of carbonyl (C=O) groups excluding carboxylic acids is 1. The molecule has 0 saturated carbocycles. The highest BCUT2D eigenvalue weighted by Crippen LogP contribution is 2.24. The van der Waals surface area contributed by atoms with Crippen LogP contribution in [0.2, 0.25) is 0 Å². The fraction of sp³-hybridized carbons (Fsp3) is 0.591. The molecule has 0 spiro atoms. The maximum absolute atomic E-state index is 12.8. The van der Waals surface area contributed by atoms with E-state index in [1.807, 2.05) is 30.3 Å². The minimum atomic E-state index is -0.343. The fourth-order valence-corrected chi connectivity index (χ4v) is 3.78. The molecule has 1 unspecified atom stereocenters. The van der Waals surface area contributed by atoms with Crippen molar-refractivity contribution >= 4 is 30.8 Å². The molecule has 0 bridgehead atoms. The second-order valence-corrected chi connectivity index (χ2v) is 7.25. The predicted octanol–water partition coefficient (Wildman–Crippen LogP) is 3.88. The molecule has 3 rings (SSSR count). The lowest BCUT2D eigenvalue weighted by molar-refractivity contribution is -0.152. The van der Waals surface area contributed by atoms with E-state index in [-0.39, 0.29) is 36.8 Å². The predicted molar refractivity (Wildman–Crippen MR) is 121 cm³/mol. The van der Waals surface area contributed by atoms with Gasteiger partial charge in [-0.1, -0.05) is 48.9 Å². The molecule has 164 valence electrons. The normalized spacial score (nSPS) is 18.3. The van der Waals surface area contributed by atoms with Crippen molar-refractivity contribution in [2.24, 2.45) is 0 Å². The highest BCUT2D eigenvalue weighted by atomic mass is 35.5. The molecule has 0 aliphatic carbocycles. The monoisotopic (exact) mass is 444 g/mol. The maximum Gasteiger partial charge on any atom is 0.328 e. The Labute approximate surface area is 187 Å². The van der Waals surface area contributed by atoms with E-state index in [1.54, 1.807) is 0 Å². The average molecular weight is 445 g/mol. The number of ether oxygens (including phenoxy) is 2. The van der Waals surface area contributed by atoms with Crippen LogP contribution in [0.5, 0.6) is 0 Å². The fourth-order valence-electron chi connectivity index (χ4n) is 3.78. The Hall–Kier alpha value is -1.11. The molecule has 2 heterocycles. The summed E-state index contributed by atoms with van der Waals surface area (Å²) in [5, 5.41) is 0. The van der Waals surface area contributed by atoms with Crippen LogP contribution in [0.3, 0.4) is 0 Å². The number of rotatable bonds is 9. The topological polar surface area (TPSA) is 42.0 Å². The molecule has 1 saturated heterocycles. The van der Waals surface area contributed by atoms with E-state index in [0.29, 0.717) is 19.8 Å². The van der Waals surface area contributed by atoms with Crippen LogP contribution in [0, 0.1) is 0 Å². The number of esters is 1. The Morgan fingerprint density at radius 2 is 1.69 bits per heavy atom. The summed E-state index contributed by atoms with van der Waals surface area (Å²) in [7, 11) is 0. The minimum Gasteiger partial charge on any atom is -0.462 e. The molecule has 1 fully saturated rings. The number of hydrogen-bond acceptors (Lipinski definition) is 5. The van der Waals surface area contributed by atoms with Crippen molar-refractivity contribution in [3.63, 3.8) is 0 Å². The maximum atomic E-state index is 12.8. The lowest BCUT2D eigenvalue weighted by Gasteiger charge is -2.31. The SMILES string of the molecule is Cl.Cl.O=C(OCCOCCN1CCCCC1)C(c1ccccc1)N1CC=CCC1. The van der Waals surface area contributed by atoms with Gasteiger partial charge in [0.25, 0.3) is 0 Å². The highest BCUT2D eigenvalue weighted by Gasteiger charge is 2.28. The lowest BCUT2D eigenvalue weighted by atomic mass is 10.0. The lowest BCUT2D eigenvalue weighted by Crippen LogP contribution is -2.37. The van der Waals surface area contributed by atoms with Gasteiger partial charge in [-0.15, -0.1) is 24.8 Å². The number of hydrogen-bond donors (Lipinski definition) is 0. The number of piperidine rings is 1. The quantitative estimate of drug-likeness (QED) is 0.328. The van der Waals surface area contributed by atoms with Crippen molar-refractivity contribution in [2.75, 3.05) is 52.5 Å². The van der Waals surface area contributed by atoms with Crippen molar-refractivity contribution in [3.8, 4) is 0 Å². The summed E-state index contributed by atoms with van der Waals surface area (Å²) in [5.74, 6) is -0.184. The van der Waals surface area contributed by atoms with E-state index >= 15 is 0 Å². The van der Waals surface area contributed by atoms with Gasteiger partial charge in [-0.25, -0.2) is 4.79 Å². The summed E-state index contributed by atoms with van der Waals surface area (Å²) < 4.78 is 11.2. The minimum absolute atomic E-state index is 0. The molecule has 0 amide bonds. The Balaban J connectivity index is 0.00000210. The van der Waals surface area contributed by atoms with Gasteiger partial charge < -0.3 is 14.4 Å². The van der Waals surface area contributed by atoms with Crippen LogP contribution in [0.4, 0.5) is 0 Å². The highest BCUT2D eigenvalue weighted by molar-refractivity contribution is 5.85. The third-order valence-corrected chi connectivity index (χ3v) is 5.27. The van der Waals surface area contributed by atoms with Gasteiger partial charge in [-0.3, -0.25) is 4.90 Å². The molecular formula is C22H34Cl2N2O3. The van der Waals surface area contributed by atoms with Gasteiger partial charge in [-0.2, -0.15) is 0 Å². The van der Waals surface area contributed by atoms with Crippen molar-refractivity contribution in [3.05, 3.63) is 48.0 Å². The van der Waals surface area contributed by atoms with E-state index in [0.717, 1.165) is 31.6 Å². The first-order valence-corrected chi connectivity index (χ1v) is 10.3. The van der Waals surface area contributed by atoms with Gasteiger partial charge in [0.2, 0.25) is 0 Å². The number of carbonyl (C=O) groups is 1. The van der Waals surface area contributed by atoms with Crippen LogP contribution in [0.15, 0.2) is 42.5 Å². The molecule has 1 aromatic carbocycles. The molecule has 29 heavy (non-hydrogen) atoms. The van der Waals surface area contributed by atoms with Gasteiger partial charge in [-0.05, 0) is 37.9 Å². The van der Waals surface area contributed by atoms with Crippen molar-refractivity contribution in [1.82, 2.24) is 9.80 Å². The van der Waals surface area contributed by atoms with E-state index in [1.165, 1.54) is 32.4 Å². The molecule has 2 aliphatic rings. The molecule has 0 N–H and O–H groups in total. The largest absolute Gasteiger partial charge is 0.462 e. The summed E-state index contributed by atoms with van der Waals surface area (Å²) in [6.45, 7) is 6.46. The average Bonchev–Trinajstić information content (AvgIpc) is 2.73. The molecule has 2 aliphatic heterocycles. The second kappa shape index (κ2) is 14.8. The number of halogens is 2. The molecular weight excluding hydrogens is 411 g/mol. The molecule has 5 nitrogen and oxygen atoms in total. The van der Waals surface area contributed by atoms with E-state index in [4.69, 9.17) is 9.47 Å². The first-order valence-electron chi connectivity index (χ1n) is 10.3. The van der Waals surface area contributed by atoms with Gasteiger partial charge in [0.15, 0.2) is 0 Å². The Morgan fingerprint density at radius 3 is 2.38 bits per heavy atom. The number of nitrogens with zero attached hydrogens (tertiary/aromatic N) is 2. The van der Waals surface area contributed by atoms with Crippen LogP contribution in [0.25, 0.3) is 0 Å². The van der Waals surface area contributed by atoms with E-state index in [9.17, 15) is 4.79 Å². The number of likely N-dealkylation sites (tertiary alicyclic amines) is 1. The van der Waals surface area contributed by atoms with Gasteiger partial charge in [0, 0.05) is 19.6 Å². The van der Waals surface area contributed by atoms with Crippen molar-refractivity contribution in [1.29, 1.82) is 0 Å². The smallest absolute Gasteiger partial charge is 0.328 e. The molecule has 0 aromatic heterocycles. The Kier molecular flexibility index (Phi) is 13.2. The van der Waals surface area contributed by atoms with Crippen LogP contribution < -0.4 is 0 Å². The zero-order valence-corrected chi connectivity index (χ0v) is 18.7. The summed E-state index contributed by atoms with van der Waals surface area (Å²) in [5.41, 5.74) is 0.990. The second-order valence-electron chi connectivity index (χ2n) is 7.25. The number of benzene rings is 1. The van der Waals surface area contributed by atoms with E-state index in [2.05, 4.69) is 22.0 Å². The van der Waals surface area contributed by atoms with Crippen LogP contribution in [-0.2, 0) is 14.3 Å². The summed E-state index contributed by atoms with van der Waals surface area (Å²) in [6, 6.07) is 9.57. The summed E-state index contributed by atoms with van der Waals surface area (Å²) >= 11 is 0. The van der Waals surface area contributed by atoms with Gasteiger partial charge >= 0.3 is 5.97 Å². The summed E-state index contributed by atoms with van der Waals surface area (Å²) in [4.78, 5) is 17.4.